The molecule has 0 unspecified atom stereocenters. The Bertz CT molecular complexity index is 3570. The first-order chi connectivity index (χ1) is 43.8. The number of hydrogen-bond acceptors (Lipinski definition) is 20. The molecule has 6 saturated heterocycles. The quantitative estimate of drug-likeness (QED) is 0.0348. The van der Waals surface area contributed by atoms with Crippen molar-refractivity contribution in [3.63, 3.8) is 0 Å². The van der Waals surface area contributed by atoms with Crippen LogP contribution in [0.25, 0.3) is 0 Å². The molecule has 4 aromatic rings. The van der Waals surface area contributed by atoms with Crippen LogP contribution in [0.1, 0.15) is 157 Å². The molecule has 31 heteroatoms. The number of piperazine rings is 2. The van der Waals surface area contributed by atoms with Gasteiger partial charge in [0.15, 0.2) is 0 Å². The van der Waals surface area contributed by atoms with E-state index >= 15 is 8.78 Å². The molecule has 515 valence electrons. The minimum absolute atomic E-state index is 0. The van der Waals surface area contributed by atoms with E-state index < -0.39 is 67.4 Å². The Morgan fingerprint density at radius 3 is 0.990 bits per heavy atom. The fourth-order valence-electron chi connectivity index (χ4n) is 14.6. The van der Waals surface area contributed by atoms with Crippen LogP contribution >= 0.6 is 0 Å². The second kappa shape index (κ2) is 28.3. The van der Waals surface area contributed by atoms with Gasteiger partial charge < -0.3 is 59.3 Å². The molecular weight excluding hydrogens is 1280 g/mol. The lowest BCUT2D eigenvalue weighted by molar-refractivity contribution is -0.0500. The van der Waals surface area contributed by atoms with E-state index in [0.717, 1.165) is 102 Å². The standard InChI is InChI=1S/2C20H28FN3O2.C13H11F4NO5S.C12H12FNO3.3B/c2*1-19(2,3)24-10-8-23(9-11-24)14-12-15-17(16(21)13-14)20(26-18(15)25)4-6-22-7-5-20;14-9-6-7(23-24(20,21)13(15,16)17)5-8-10(9)12(22-11(8)19)1-3-18-4-2-12;13-9-6-7(15)5-8-10(9)12(17-11(8)16)1-3-14-4-2-12;;;/h2*12-13,22H,4-11H2,1-3H3;5-6,18H,1-4H2;5-6,14-15H,1-4H2;;;. The van der Waals surface area contributed by atoms with Crippen molar-refractivity contribution >= 4 is 70.6 Å². The van der Waals surface area contributed by atoms with Crippen LogP contribution in [0.2, 0.25) is 0 Å². The molecule has 5 N–H and O–H groups in total. The van der Waals surface area contributed by atoms with Crippen LogP contribution in [-0.2, 0) is 51.5 Å². The molecule has 4 spiro atoms. The maximum Gasteiger partial charge on any atom is 0.534 e. The van der Waals surface area contributed by atoms with Gasteiger partial charge in [-0.1, -0.05) is 0 Å². The van der Waals surface area contributed by atoms with Crippen LogP contribution in [0, 0.1) is 23.3 Å². The van der Waals surface area contributed by atoms with Crippen molar-refractivity contribution < 1.29 is 86.6 Å². The van der Waals surface area contributed by atoms with Gasteiger partial charge in [0.1, 0.15) is 57.2 Å². The number of nitrogens with one attached hydrogen (secondary N) is 4. The summed E-state index contributed by atoms with van der Waals surface area (Å²) in [6.45, 7) is 25.6. The maximum atomic E-state index is 15.1. The Morgan fingerprint density at radius 2 is 0.698 bits per heavy atom. The van der Waals surface area contributed by atoms with Crippen molar-refractivity contribution in [3.8, 4) is 11.5 Å². The largest absolute Gasteiger partial charge is 0.534 e. The fourth-order valence-corrected chi connectivity index (χ4v) is 15.0. The highest BCUT2D eigenvalue weighted by Crippen LogP contribution is 2.50. The summed E-state index contributed by atoms with van der Waals surface area (Å²) in [5, 5.41) is 22.0. The van der Waals surface area contributed by atoms with Crippen LogP contribution in [0.4, 0.5) is 42.1 Å². The number of nitrogens with zero attached hydrogens (tertiary/aromatic N) is 4. The van der Waals surface area contributed by atoms with Gasteiger partial charge in [0, 0.05) is 186 Å². The number of anilines is 2. The van der Waals surface area contributed by atoms with Crippen molar-refractivity contribution in [2.45, 2.75) is 132 Å². The summed E-state index contributed by atoms with van der Waals surface area (Å²) in [6, 6.07) is 10.4. The molecule has 0 aromatic heterocycles. The molecule has 4 aromatic carbocycles. The molecule has 0 amide bonds. The number of rotatable bonds is 4. The first kappa shape index (κ1) is 75.2. The summed E-state index contributed by atoms with van der Waals surface area (Å²) in [4.78, 5) is 57.9. The minimum Gasteiger partial charge on any atom is -0.508 e. The van der Waals surface area contributed by atoms with Crippen molar-refractivity contribution in [3.05, 3.63) is 116 Å². The van der Waals surface area contributed by atoms with Gasteiger partial charge >= 0.3 is 39.5 Å². The van der Waals surface area contributed by atoms with Gasteiger partial charge in [-0.3, -0.25) is 9.80 Å². The van der Waals surface area contributed by atoms with Crippen molar-refractivity contribution in [1.82, 2.24) is 31.1 Å². The number of benzene rings is 4. The van der Waals surface area contributed by atoms with Crippen LogP contribution in [0.3, 0.4) is 0 Å². The number of aromatic hydroxyl groups is 1. The number of ether oxygens (including phenoxy) is 4. The fraction of sp³-hybridized carbons (Fsp3) is 0.569. The lowest BCUT2D eigenvalue weighted by Crippen LogP contribution is -2.53. The number of carbonyl (C=O) groups excluding carboxylic acids is 4. The van der Waals surface area contributed by atoms with Gasteiger partial charge in [-0.15, -0.1) is 0 Å². The SMILES string of the molecule is CC(C)(C)N1CCN(c2cc(F)c3c(c2)C(=O)OC32CCNCC2)CC1.CC(C)(C)N1CCN(c2cc(F)c3c(c2)C(=O)OC32CCNCC2)CC1.O=C1OC2(CCNCC2)c2c(F)cc(O)cc21.O=C1OC2(CCNCC2)c2c(F)cc(OS(=O)(=O)C(F)(F)F)cc21.[B].[B].[B]. The van der Waals surface area contributed by atoms with Crippen LogP contribution in [-0.4, -0.2) is 194 Å². The van der Waals surface area contributed by atoms with Crippen LogP contribution in [0.15, 0.2) is 48.5 Å². The molecule has 6 fully saturated rings. The van der Waals surface area contributed by atoms with E-state index in [1.165, 1.54) is 6.07 Å². The van der Waals surface area contributed by atoms with Gasteiger partial charge in [-0.2, -0.15) is 21.6 Å². The smallest absolute Gasteiger partial charge is 0.508 e. The van der Waals surface area contributed by atoms with E-state index in [9.17, 15) is 54.7 Å². The monoisotopic (exact) mass is 1360 g/mol. The highest BCUT2D eigenvalue weighted by molar-refractivity contribution is 7.88. The summed E-state index contributed by atoms with van der Waals surface area (Å²) in [6.07, 6.45) is 4.24. The molecule has 0 bridgehead atoms. The molecule has 14 rings (SSSR count). The molecule has 9 radical (unpaired) electrons. The third kappa shape index (κ3) is 14.6. The van der Waals surface area contributed by atoms with E-state index in [4.69, 9.17) is 18.9 Å². The number of phenolic OH excluding ortho intramolecular Hbond substituents is 1. The summed E-state index contributed by atoms with van der Waals surface area (Å²) in [7, 11) is -5.96. The Kier molecular flexibility index (Phi) is 22.2. The Balaban J connectivity index is 0.000000164. The Labute approximate surface area is 560 Å². The predicted molar refractivity (Wildman–Crippen MR) is 344 cm³/mol. The molecule has 0 aliphatic carbocycles. The minimum atomic E-state index is -5.96. The maximum absolute atomic E-state index is 15.1. The third-order valence-electron chi connectivity index (χ3n) is 19.5. The van der Waals surface area contributed by atoms with Crippen molar-refractivity contribution in [2.75, 3.05) is 115 Å². The van der Waals surface area contributed by atoms with Crippen molar-refractivity contribution in [1.29, 1.82) is 0 Å². The summed E-state index contributed by atoms with van der Waals surface area (Å²) < 4.78 is 144. The number of carbonyl (C=O) groups is 4. The molecular formula is C65H79B3F7N8O12S. The molecule has 10 aliphatic rings. The predicted octanol–water partition coefficient (Wildman–Crippen LogP) is 6.93. The molecule has 0 saturated carbocycles. The summed E-state index contributed by atoms with van der Waals surface area (Å²) >= 11 is 0. The molecule has 10 aliphatic heterocycles. The number of halogens is 7. The average molecular weight is 1360 g/mol. The highest BCUT2D eigenvalue weighted by Gasteiger charge is 2.54. The number of hydrogen-bond donors (Lipinski definition) is 5. The number of phenols is 1. The highest BCUT2D eigenvalue weighted by atomic mass is 32.2. The number of esters is 4. The van der Waals surface area contributed by atoms with Gasteiger partial charge in [0.05, 0.1) is 22.3 Å². The van der Waals surface area contributed by atoms with Gasteiger partial charge in [0.25, 0.3) is 0 Å². The third-order valence-corrected chi connectivity index (χ3v) is 20.4. The number of alkyl halides is 3. The van der Waals surface area contributed by atoms with E-state index in [2.05, 4.69) is 86.6 Å². The zero-order chi connectivity index (χ0) is 66.8. The van der Waals surface area contributed by atoms with Gasteiger partial charge in [0.2, 0.25) is 0 Å². The second-order valence-corrected chi connectivity index (χ2v) is 28.7. The first-order valence-corrected chi connectivity index (χ1v) is 33.0. The molecule has 10 heterocycles. The lowest BCUT2D eigenvalue weighted by atomic mass is 9.84. The van der Waals surface area contributed by atoms with Gasteiger partial charge in [-0.25, -0.2) is 36.7 Å². The van der Waals surface area contributed by atoms with Crippen LogP contribution < -0.4 is 35.3 Å². The second-order valence-electron chi connectivity index (χ2n) is 27.2. The van der Waals surface area contributed by atoms with Crippen molar-refractivity contribution in [2.24, 2.45) is 0 Å². The molecule has 0 atom stereocenters. The van der Waals surface area contributed by atoms with E-state index in [-0.39, 0.29) is 82.3 Å². The van der Waals surface area contributed by atoms with E-state index in [1.807, 2.05) is 12.1 Å². The Morgan fingerprint density at radius 1 is 0.427 bits per heavy atom. The summed E-state index contributed by atoms with van der Waals surface area (Å²) in [5.74, 6) is -5.63. The first-order valence-electron chi connectivity index (χ1n) is 31.6. The van der Waals surface area contributed by atoms with E-state index in [1.54, 1.807) is 12.1 Å². The summed E-state index contributed by atoms with van der Waals surface area (Å²) in [5.41, 5.74) is -5.55. The normalized spacial score (nSPS) is 21.3. The number of fused-ring (bicyclic) bond motifs is 8. The molecule has 20 nitrogen and oxygen atoms in total. The average Bonchev–Trinajstić information content (AvgIpc) is 1.57. The topological polar surface area (TPSA) is 230 Å². The Hall–Kier alpha value is -6.63. The number of piperidine rings is 4. The lowest BCUT2D eigenvalue weighted by Gasteiger charge is -2.43. The molecule has 96 heavy (non-hydrogen) atoms. The zero-order valence-corrected chi connectivity index (χ0v) is 55.4. The van der Waals surface area contributed by atoms with Crippen LogP contribution in [0.5, 0.6) is 11.5 Å². The van der Waals surface area contributed by atoms with E-state index in [0.29, 0.717) is 111 Å². The zero-order valence-electron chi connectivity index (χ0n) is 54.6. The van der Waals surface area contributed by atoms with Gasteiger partial charge in [-0.05, 0) is 130 Å².